The van der Waals surface area contributed by atoms with Gasteiger partial charge >= 0.3 is 12.1 Å². The van der Waals surface area contributed by atoms with Crippen LogP contribution in [0.25, 0.3) is 0 Å². The molecule has 0 atom stereocenters. The van der Waals surface area contributed by atoms with Gasteiger partial charge in [0.2, 0.25) is 0 Å². The normalized spacial score (nSPS) is 15.1. The minimum Gasteiger partial charge on any atom is -0.469 e. The summed E-state index contributed by atoms with van der Waals surface area (Å²) in [6, 6.07) is 5.88. The van der Waals surface area contributed by atoms with Gasteiger partial charge in [-0.1, -0.05) is 15.9 Å². The molecule has 1 amide bonds. The summed E-state index contributed by atoms with van der Waals surface area (Å²) < 4.78 is 11.1. The summed E-state index contributed by atoms with van der Waals surface area (Å²) in [6.07, 6.45) is -0.0601. The van der Waals surface area contributed by atoms with Gasteiger partial charge in [0.1, 0.15) is 5.60 Å². The highest BCUT2D eigenvalue weighted by Gasteiger charge is 2.26. The number of methoxy groups -OCH3 is 1. The number of esters is 1. The summed E-state index contributed by atoms with van der Waals surface area (Å²) in [5.41, 5.74) is 1.41. The number of anilines is 1. The number of nitrogens with zero attached hydrogens (tertiary/aromatic N) is 2. The molecule has 0 aromatic heterocycles. The van der Waals surface area contributed by atoms with Gasteiger partial charge in [0.25, 0.3) is 0 Å². The number of rotatable bonds is 3. The Morgan fingerprint density at radius 3 is 2.36 bits per heavy atom. The SMILES string of the molecule is COC(=O)Cc1cc(Br)ccc1N1CCN(C(=O)OC(C)(C)C)CC1. The van der Waals surface area contributed by atoms with Crippen molar-refractivity contribution in [3.63, 3.8) is 0 Å². The third kappa shape index (κ3) is 5.63. The number of hydrogen-bond donors (Lipinski definition) is 0. The first-order chi connectivity index (χ1) is 11.7. The summed E-state index contributed by atoms with van der Waals surface area (Å²) in [7, 11) is 1.39. The molecule has 6 nitrogen and oxygen atoms in total. The molecule has 138 valence electrons. The molecule has 1 saturated heterocycles. The van der Waals surface area contributed by atoms with Crippen molar-refractivity contribution in [2.75, 3.05) is 38.2 Å². The molecule has 1 aromatic carbocycles. The molecule has 2 rings (SSSR count). The van der Waals surface area contributed by atoms with Gasteiger partial charge in [0, 0.05) is 36.3 Å². The predicted octanol–water partition coefficient (Wildman–Crippen LogP) is 3.22. The topological polar surface area (TPSA) is 59.1 Å². The Labute approximate surface area is 157 Å². The van der Waals surface area contributed by atoms with Gasteiger partial charge in [-0.2, -0.15) is 0 Å². The first-order valence-corrected chi connectivity index (χ1v) is 9.07. The number of hydrogen-bond acceptors (Lipinski definition) is 5. The maximum Gasteiger partial charge on any atom is 0.410 e. The van der Waals surface area contributed by atoms with E-state index in [0.29, 0.717) is 26.2 Å². The van der Waals surface area contributed by atoms with Crippen LogP contribution in [-0.2, 0) is 20.7 Å². The highest BCUT2D eigenvalue weighted by Crippen LogP contribution is 2.27. The summed E-state index contributed by atoms with van der Waals surface area (Å²) >= 11 is 3.45. The number of piperazine rings is 1. The summed E-state index contributed by atoms with van der Waals surface area (Å²) in [4.78, 5) is 27.8. The van der Waals surface area contributed by atoms with E-state index in [1.165, 1.54) is 7.11 Å². The lowest BCUT2D eigenvalue weighted by atomic mass is 10.1. The molecule has 1 aromatic rings. The van der Waals surface area contributed by atoms with Crippen molar-refractivity contribution in [2.24, 2.45) is 0 Å². The molecule has 7 heteroatoms. The number of carbonyl (C=O) groups is 2. The molecule has 0 N–H and O–H groups in total. The van der Waals surface area contributed by atoms with Crippen molar-refractivity contribution >= 4 is 33.7 Å². The molecule has 1 fully saturated rings. The minimum absolute atomic E-state index is 0.220. The van der Waals surface area contributed by atoms with Gasteiger partial charge in [-0.3, -0.25) is 4.79 Å². The molecule has 1 aliphatic heterocycles. The molecule has 1 heterocycles. The zero-order valence-electron chi connectivity index (χ0n) is 15.2. The Morgan fingerprint density at radius 2 is 1.80 bits per heavy atom. The maximum atomic E-state index is 12.2. The summed E-state index contributed by atoms with van der Waals surface area (Å²) in [5.74, 6) is -0.272. The van der Waals surface area contributed by atoms with Crippen molar-refractivity contribution in [3.05, 3.63) is 28.2 Å². The fraction of sp³-hybridized carbons (Fsp3) is 0.556. The fourth-order valence-electron chi connectivity index (χ4n) is 2.69. The molecule has 0 unspecified atom stereocenters. The molecule has 0 saturated carbocycles. The second-order valence-corrected chi connectivity index (χ2v) is 7.90. The molecule has 0 radical (unpaired) electrons. The van der Waals surface area contributed by atoms with Crippen LogP contribution >= 0.6 is 15.9 Å². The van der Waals surface area contributed by atoms with Crippen LogP contribution in [0, 0.1) is 0 Å². The highest BCUT2D eigenvalue weighted by molar-refractivity contribution is 9.10. The lowest BCUT2D eigenvalue weighted by Crippen LogP contribution is -2.50. The molecule has 0 aliphatic carbocycles. The third-order valence-corrected chi connectivity index (χ3v) is 4.37. The van der Waals surface area contributed by atoms with Crippen molar-refractivity contribution < 1.29 is 19.1 Å². The molecule has 0 bridgehead atoms. The standard InChI is InChI=1S/C18H25BrN2O4/c1-18(2,3)25-17(23)21-9-7-20(8-10-21)15-6-5-14(19)11-13(15)12-16(22)24-4/h5-6,11H,7-10,12H2,1-4H3. The minimum atomic E-state index is -0.492. The Balaban J connectivity index is 2.05. The highest BCUT2D eigenvalue weighted by atomic mass is 79.9. The van der Waals surface area contributed by atoms with E-state index in [9.17, 15) is 9.59 Å². The Kier molecular flexibility index (Phi) is 6.32. The lowest BCUT2D eigenvalue weighted by Gasteiger charge is -2.37. The van der Waals surface area contributed by atoms with E-state index in [1.807, 2.05) is 39.0 Å². The van der Waals surface area contributed by atoms with E-state index in [4.69, 9.17) is 9.47 Å². The quantitative estimate of drug-likeness (QED) is 0.713. The van der Waals surface area contributed by atoms with Crippen LogP contribution in [0.2, 0.25) is 0 Å². The van der Waals surface area contributed by atoms with Crippen molar-refractivity contribution in [1.29, 1.82) is 0 Å². The fourth-order valence-corrected chi connectivity index (χ4v) is 3.10. The molecule has 0 spiro atoms. The molecular weight excluding hydrogens is 388 g/mol. The second-order valence-electron chi connectivity index (χ2n) is 6.98. The van der Waals surface area contributed by atoms with Crippen LogP contribution in [0.1, 0.15) is 26.3 Å². The average molecular weight is 413 g/mol. The van der Waals surface area contributed by atoms with E-state index < -0.39 is 5.60 Å². The number of ether oxygens (including phenoxy) is 2. The predicted molar refractivity (Wildman–Crippen MR) is 99.9 cm³/mol. The Morgan fingerprint density at radius 1 is 1.16 bits per heavy atom. The van der Waals surface area contributed by atoms with Crippen LogP contribution in [0.15, 0.2) is 22.7 Å². The van der Waals surface area contributed by atoms with Crippen molar-refractivity contribution in [2.45, 2.75) is 32.8 Å². The first kappa shape index (κ1) is 19.6. The maximum absolute atomic E-state index is 12.2. The van der Waals surface area contributed by atoms with Crippen LogP contribution in [-0.4, -0.2) is 55.9 Å². The first-order valence-electron chi connectivity index (χ1n) is 8.28. The zero-order valence-corrected chi connectivity index (χ0v) is 16.8. The lowest BCUT2D eigenvalue weighted by molar-refractivity contribution is -0.139. The molecule has 25 heavy (non-hydrogen) atoms. The van der Waals surface area contributed by atoms with E-state index in [2.05, 4.69) is 20.8 Å². The van der Waals surface area contributed by atoms with Gasteiger partial charge in [-0.15, -0.1) is 0 Å². The van der Waals surface area contributed by atoms with Crippen LogP contribution in [0.3, 0.4) is 0 Å². The van der Waals surface area contributed by atoms with Crippen molar-refractivity contribution in [1.82, 2.24) is 4.90 Å². The van der Waals surface area contributed by atoms with Crippen LogP contribution in [0.4, 0.5) is 10.5 Å². The zero-order chi connectivity index (χ0) is 18.6. The number of halogens is 1. The van der Waals surface area contributed by atoms with Gasteiger partial charge in [0.15, 0.2) is 0 Å². The number of carbonyl (C=O) groups excluding carboxylic acids is 2. The Bertz CT molecular complexity index is 634. The van der Waals surface area contributed by atoms with Crippen molar-refractivity contribution in [3.8, 4) is 0 Å². The van der Waals surface area contributed by atoms with E-state index in [0.717, 1.165) is 15.7 Å². The van der Waals surface area contributed by atoms with Gasteiger partial charge in [-0.05, 0) is 44.5 Å². The Hall–Kier alpha value is -1.76. The van der Waals surface area contributed by atoms with E-state index in [-0.39, 0.29) is 18.5 Å². The van der Waals surface area contributed by atoms with Gasteiger partial charge < -0.3 is 19.3 Å². The van der Waals surface area contributed by atoms with Crippen LogP contribution < -0.4 is 4.90 Å². The van der Waals surface area contributed by atoms with E-state index >= 15 is 0 Å². The number of amides is 1. The van der Waals surface area contributed by atoms with Gasteiger partial charge in [0.05, 0.1) is 13.5 Å². The number of benzene rings is 1. The van der Waals surface area contributed by atoms with E-state index in [1.54, 1.807) is 4.90 Å². The second kappa shape index (κ2) is 8.08. The summed E-state index contributed by atoms with van der Waals surface area (Å²) in [6.45, 7) is 8.14. The third-order valence-electron chi connectivity index (χ3n) is 3.88. The average Bonchev–Trinajstić information content (AvgIpc) is 2.53. The largest absolute Gasteiger partial charge is 0.469 e. The monoisotopic (exact) mass is 412 g/mol. The summed E-state index contributed by atoms with van der Waals surface area (Å²) in [5, 5.41) is 0. The van der Waals surface area contributed by atoms with Crippen LogP contribution in [0.5, 0.6) is 0 Å². The molecule has 1 aliphatic rings. The van der Waals surface area contributed by atoms with Gasteiger partial charge in [-0.25, -0.2) is 4.79 Å². The molecular formula is C18H25BrN2O4. The smallest absolute Gasteiger partial charge is 0.410 e.